The molecular weight excluding hydrogens is 272 g/mol. The highest BCUT2D eigenvalue weighted by Crippen LogP contribution is 2.18. The van der Waals surface area contributed by atoms with Gasteiger partial charge in [-0.2, -0.15) is 4.37 Å². The fourth-order valence-electron chi connectivity index (χ4n) is 1.32. The third-order valence-electron chi connectivity index (χ3n) is 2.40. The minimum atomic E-state index is -0.0926. The lowest BCUT2D eigenvalue weighted by Gasteiger charge is -2.03. The first kappa shape index (κ1) is 13.2. The Hall–Kier alpha value is -1.25. The molecule has 0 fully saturated rings. The summed E-state index contributed by atoms with van der Waals surface area (Å²) in [6.45, 7) is 2.62. The van der Waals surface area contributed by atoms with Crippen LogP contribution in [-0.2, 0) is 11.2 Å². The Morgan fingerprint density at radius 1 is 1.61 bits per heavy atom. The lowest BCUT2D eigenvalue weighted by molar-refractivity contribution is 0.113. The van der Waals surface area contributed by atoms with E-state index >= 15 is 0 Å². The average Bonchev–Trinajstić information content (AvgIpc) is 2.98. The number of aromatic nitrogens is 3. The highest BCUT2D eigenvalue weighted by Gasteiger charge is 2.10. The number of hydrogen-bond donors (Lipinski definition) is 2. The second-order valence-corrected chi connectivity index (χ2v) is 5.28. The van der Waals surface area contributed by atoms with E-state index in [0.29, 0.717) is 12.4 Å². The van der Waals surface area contributed by atoms with Gasteiger partial charge in [-0.25, -0.2) is 4.98 Å². The van der Waals surface area contributed by atoms with Gasteiger partial charge in [0.15, 0.2) is 5.82 Å². The Kier molecular flexibility index (Phi) is 4.45. The van der Waals surface area contributed by atoms with Crippen LogP contribution < -0.4 is 10.2 Å². The third kappa shape index (κ3) is 3.37. The molecule has 2 aromatic rings. The summed E-state index contributed by atoms with van der Waals surface area (Å²) >= 11 is 2.49. The molecule has 0 bridgehead atoms. The summed E-state index contributed by atoms with van der Waals surface area (Å²) in [6, 6.07) is 0. The third-order valence-corrected chi connectivity index (χ3v) is 3.81. The minimum Gasteiger partial charge on any atom is -0.374 e. The molecule has 18 heavy (non-hydrogen) atoms. The van der Waals surface area contributed by atoms with Gasteiger partial charge in [0.2, 0.25) is 5.13 Å². The number of methoxy groups -OCH3 is 1. The fourth-order valence-corrected chi connectivity index (χ4v) is 2.60. The van der Waals surface area contributed by atoms with Gasteiger partial charge >= 0.3 is 4.87 Å². The van der Waals surface area contributed by atoms with Gasteiger partial charge < -0.3 is 15.0 Å². The number of aromatic amines is 1. The molecule has 0 aliphatic rings. The summed E-state index contributed by atoms with van der Waals surface area (Å²) in [4.78, 5) is 18.0. The van der Waals surface area contributed by atoms with Gasteiger partial charge in [0.25, 0.3) is 0 Å². The van der Waals surface area contributed by atoms with E-state index in [1.54, 1.807) is 7.11 Å². The van der Waals surface area contributed by atoms with E-state index in [4.69, 9.17) is 4.74 Å². The van der Waals surface area contributed by atoms with Gasteiger partial charge in [0.1, 0.15) is 6.10 Å². The molecule has 0 aliphatic carbocycles. The number of rotatable bonds is 6. The predicted octanol–water partition coefficient (Wildman–Crippen LogP) is 1.65. The zero-order valence-corrected chi connectivity index (χ0v) is 11.7. The van der Waals surface area contributed by atoms with Crippen molar-refractivity contribution in [1.82, 2.24) is 14.3 Å². The monoisotopic (exact) mass is 286 g/mol. The van der Waals surface area contributed by atoms with Crippen LogP contribution in [0.25, 0.3) is 0 Å². The molecule has 2 heterocycles. The van der Waals surface area contributed by atoms with Crippen LogP contribution in [0.15, 0.2) is 10.2 Å². The van der Waals surface area contributed by atoms with Crippen molar-refractivity contribution in [3.8, 4) is 0 Å². The van der Waals surface area contributed by atoms with Crippen LogP contribution >= 0.6 is 22.9 Å². The van der Waals surface area contributed by atoms with E-state index in [0.717, 1.165) is 17.2 Å². The van der Waals surface area contributed by atoms with Crippen molar-refractivity contribution in [3.63, 3.8) is 0 Å². The Morgan fingerprint density at radius 2 is 2.44 bits per heavy atom. The lowest BCUT2D eigenvalue weighted by atomic mass is 10.3. The second kappa shape index (κ2) is 6.07. The molecule has 1 atom stereocenters. The molecule has 0 saturated carbocycles. The van der Waals surface area contributed by atoms with Crippen molar-refractivity contribution in [3.05, 3.63) is 26.6 Å². The van der Waals surface area contributed by atoms with Gasteiger partial charge in [-0.3, -0.25) is 4.79 Å². The number of ether oxygens (including phenoxy) is 1. The maximum absolute atomic E-state index is 10.9. The first-order valence-corrected chi connectivity index (χ1v) is 7.11. The number of nitrogens with one attached hydrogen (secondary N) is 2. The summed E-state index contributed by atoms with van der Waals surface area (Å²) in [6.07, 6.45) is 0.665. The topological polar surface area (TPSA) is 79.9 Å². The van der Waals surface area contributed by atoms with E-state index in [2.05, 4.69) is 19.7 Å². The van der Waals surface area contributed by atoms with Crippen LogP contribution in [-0.4, -0.2) is 28.0 Å². The molecule has 0 saturated heterocycles. The molecule has 2 aromatic heterocycles. The molecule has 0 aromatic carbocycles. The summed E-state index contributed by atoms with van der Waals surface area (Å²) in [5, 5.41) is 5.78. The number of hydrogen-bond acceptors (Lipinski definition) is 7. The van der Waals surface area contributed by atoms with Gasteiger partial charge in [-0.05, 0) is 6.92 Å². The molecule has 0 spiro atoms. The molecule has 0 amide bonds. The first-order chi connectivity index (χ1) is 8.69. The van der Waals surface area contributed by atoms with Crippen LogP contribution in [0.3, 0.4) is 0 Å². The summed E-state index contributed by atoms with van der Waals surface area (Å²) in [7, 11) is 1.63. The van der Waals surface area contributed by atoms with E-state index in [1.807, 2.05) is 12.3 Å². The molecule has 0 radical (unpaired) electrons. The zero-order chi connectivity index (χ0) is 13.0. The number of thiazole rings is 1. The molecule has 0 unspecified atom stereocenters. The summed E-state index contributed by atoms with van der Waals surface area (Å²) < 4.78 is 9.35. The maximum Gasteiger partial charge on any atom is 0.304 e. The highest BCUT2D eigenvalue weighted by molar-refractivity contribution is 7.09. The van der Waals surface area contributed by atoms with Crippen LogP contribution in [0.1, 0.15) is 24.5 Å². The highest BCUT2D eigenvalue weighted by atomic mass is 32.1. The SMILES string of the molecule is CO[C@@H](C)c1nsc(NCCc2csc(=O)[nH]2)n1. The Labute approximate surface area is 112 Å². The number of anilines is 1. The lowest BCUT2D eigenvalue weighted by Crippen LogP contribution is -2.06. The fraction of sp³-hybridized carbons (Fsp3) is 0.500. The van der Waals surface area contributed by atoms with Crippen molar-refractivity contribution in [2.45, 2.75) is 19.4 Å². The van der Waals surface area contributed by atoms with Crippen LogP contribution in [0, 0.1) is 0 Å². The summed E-state index contributed by atoms with van der Waals surface area (Å²) in [5.41, 5.74) is 0.937. The van der Waals surface area contributed by atoms with Gasteiger partial charge in [0, 0.05) is 42.7 Å². The maximum atomic E-state index is 10.9. The van der Waals surface area contributed by atoms with Gasteiger partial charge in [-0.15, -0.1) is 0 Å². The van der Waals surface area contributed by atoms with Crippen molar-refractivity contribution in [1.29, 1.82) is 0 Å². The number of nitrogens with zero attached hydrogens (tertiary/aromatic N) is 2. The Bertz CT molecular complexity index is 548. The van der Waals surface area contributed by atoms with Crippen LogP contribution in [0.4, 0.5) is 5.13 Å². The molecule has 98 valence electrons. The van der Waals surface area contributed by atoms with Crippen molar-refractivity contribution < 1.29 is 4.74 Å². The quantitative estimate of drug-likeness (QED) is 0.844. The average molecular weight is 286 g/mol. The second-order valence-electron chi connectivity index (χ2n) is 3.69. The van der Waals surface area contributed by atoms with Crippen LogP contribution in [0.2, 0.25) is 0 Å². The molecule has 2 rings (SSSR count). The molecule has 8 heteroatoms. The van der Waals surface area contributed by atoms with E-state index in [-0.39, 0.29) is 11.0 Å². The molecule has 0 aliphatic heterocycles. The van der Waals surface area contributed by atoms with Gasteiger partial charge in [-0.1, -0.05) is 11.3 Å². The number of H-pyrrole nitrogens is 1. The van der Waals surface area contributed by atoms with Crippen LogP contribution in [0.5, 0.6) is 0 Å². The van der Waals surface area contributed by atoms with Gasteiger partial charge in [0.05, 0.1) is 0 Å². The predicted molar refractivity (Wildman–Crippen MR) is 72.5 cm³/mol. The van der Waals surface area contributed by atoms with Crippen molar-refractivity contribution in [2.24, 2.45) is 0 Å². The minimum absolute atomic E-state index is 0.0166. The van der Waals surface area contributed by atoms with E-state index in [1.165, 1.54) is 22.9 Å². The molecule has 2 N–H and O–H groups in total. The summed E-state index contributed by atoms with van der Waals surface area (Å²) in [5.74, 6) is 0.689. The van der Waals surface area contributed by atoms with E-state index < -0.39 is 0 Å². The van der Waals surface area contributed by atoms with Crippen molar-refractivity contribution >= 4 is 28.0 Å². The molecule has 6 nitrogen and oxygen atoms in total. The van der Waals surface area contributed by atoms with E-state index in [9.17, 15) is 4.79 Å². The smallest absolute Gasteiger partial charge is 0.304 e. The Morgan fingerprint density at radius 3 is 3.11 bits per heavy atom. The first-order valence-electron chi connectivity index (χ1n) is 5.46. The normalized spacial score (nSPS) is 12.6. The largest absolute Gasteiger partial charge is 0.374 e. The molecular formula is C10H14N4O2S2. The standard InChI is InChI=1S/C10H14N4O2S2/c1-6(16-2)8-13-9(18-14-8)11-4-3-7-5-17-10(15)12-7/h5-6H,3-4H2,1-2H3,(H,12,15)(H,11,13,14)/t6-/m0/s1. The van der Waals surface area contributed by atoms with Crippen molar-refractivity contribution in [2.75, 3.05) is 19.0 Å². The Balaban J connectivity index is 1.83. The zero-order valence-electron chi connectivity index (χ0n) is 10.1.